The molecule has 0 aliphatic heterocycles. The molecule has 7 heteroatoms. The lowest BCUT2D eigenvalue weighted by atomic mass is 10.2. The van der Waals surface area contributed by atoms with Crippen molar-refractivity contribution in [3.63, 3.8) is 0 Å². The molecule has 1 aromatic carbocycles. The second kappa shape index (κ2) is 6.00. The zero-order chi connectivity index (χ0) is 15.4. The summed E-state index contributed by atoms with van der Waals surface area (Å²) in [4.78, 5) is 22.8. The third-order valence-electron chi connectivity index (χ3n) is 2.70. The number of carbonyl (C=O) groups excluding carboxylic acids is 1. The molecule has 1 heterocycles. The molecule has 1 amide bonds. The van der Waals surface area contributed by atoms with Gasteiger partial charge in [-0.1, -0.05) is 12.1 Å². The molecule has 1 aromatic heterocycles. The van der Waals surface area contributed by atoms with E-state index in [0.29, 0.717) is 5.56 Å². The van der Waals surface area contributed by atoms with Gasteiger partial charge in [-0.05, 0) is 23.8 Å². The Bertz CT molecular complexity index is 705. The number of carboxylic acid groups (broad SMARTS) is 1. The Morgan fingerprint density at radius 2 is 2.00 bits per heavy atom. The fourth-order valence-electron chi connectivity index (χ4n) is 1.70. The molecule has 0 saturated heterocycles. The number of hydrogen-bond acceptors (Lipinski definition) is 3. The Hall–Kier alpha value is -2.96. The van der Waals surface area contributed by atoms with Crippen LogP contribution in [-0.2, 0) is 11.8 Å². The molecule has 0 aliphatic carbocycles. The largest absolute Gasteiger partial charge is 0.476 e. The highest BCUT2D eigenvalue weighted by atomic mass is 19.1. The average Bonchev–Trinajstić information content (AvgIpc) is 2.79. The topological polar surface area (TPSA) is 84.2 Å². The molecule has 0 fully saturated rings. The monoisotopic (exact) mass is 289 g/mol. The molecule has 0 bridgehead atoms. The second-order valence-corrected chi connectivity index (χ2v) is 4.21. The fraction of sp³-hybridized carbons (Fsp3) is 0.0714. The van der Waals surface area contributed by atoms with Gasteiger partial charge in [0, 0.05) is 13.1 Å². The van der Waals surface area contributed by atoms with Crippen LogP contribution in [0.3, 0.4) is 0 Å². The van der Waals surface area contributed by atoms with Gasteiger partial charge in [-0.25, -0.2) is 9.18 Å². The number of aromatic carboxylic acids is 1. The number of aryl methyl sites for hydroxylation is 1. The number of aromatic nitrogens is 2. The second-order valence-electron chi connectivity index (χ2n) is 4.21. The van der Waals surface area contributed by atoms with Crippen LogP contribution in [0.5, 0.6) is 0 Å². The maximum Gasteiger partial charge on any atom is 0.356 e. The molecular weight excluding hydrogens is 277 g/mol. The molecule has 0 aliphatic rings. The van der Waals surface area contributed by atoms with Crippen LogP contribution in [0.25, 0.3) is 6.08 Å². The molecule has 0 spiro atoms. The minimum absolute atomic E-state index is 0.110. The summed E-state index contributed by atoms with van der Waals surface area (Å²) in [5.41, 5.74) is 0.647. The number of halogens is 1. The molecule has 2 rings (SSSR count). The van der Waals surface area contributed by atoms with Crippen LogP contribution in [0.15, 0.2) is 36.5 Å². The van der Waals surface area contributed by atoms with Crippen LogP contribution in [-0.4, -0.2) is 26.8 Å². The third kappa shape index (κ3) is 3.53. The highest BCUT2D eigenvalue weighted by Gasteiger charge is 2.16. The van der Waals surface area contributed by atoms with Crippen molar-refractivity contribution in [2.45, 2.75) is 0 Å². The first-order valence-electron chi connectivity index (χ1n) is 5.97. The van der Waals surface area contributed by atoms with E-state index in [1.807, 2.05) is 0 Å². The number of carboxylic acids is 1. The lowest BCUT2D eigenvalue weighted by Gasteiger charge is -2.01. The number of rotatable bonds is 4. The van der Waals surface area contributed by atoms with Crippen molar-refractivity contribution in [1.29, 1.82) is 0 Å². The number of nitrogens with one attached hydrogen (secondary N) is 1. The highest BCUT2D eigenvalue weighted by Crippen LogP contribution is 2.14. The number of amides is 1. The minimum Gasteiger partial charge on any atom is -0.476 e. The minimum atomic E-state index is -1.19. The van der Waals surface area contributed by atoms with Gasteiger partial charge in [-0.15, -0.1) is 0 Å². The average molecular weight is 289 g/mol. The number of carbonyl (C=O) groups is 2. The van der Waals surface area contributed by atoms with Crippen molar-refractivity contribution in [3.05, 3.63) is 53.6 Å². The van der Waals surface area contributed by atoms with Crippen molar-refractivity contribution in [2.75, 3.05) is 5.32 Å². The van der Waals surface area contributed by atoms with Crippen LogP contribution in [0.1, 0.15) is 16.1 Å². The van der Waals surface area contributed by atoms with Crippen molar-refractivity contribution in [2.24, 2.45) is 7.05 Å². The Morgan fingerprint density at radius 1 is 1.33 bits per heavy atom. The quantitative estimate of drug-likeness (QED) is 0.842. The standard InChI is InChI=1S/C14H12FN3O3/c1-18-13(14(20)21)11(8-16-18)17-12(19)7-4-9-2-5-10(15)6-3-9/h2-8H,1H3,(H,17,19)(H,20,21)/b7-4+. The molecule has 2 aromatic rings. The lowest BCUT2D eigenvalue weighted by Crippen LogP contribution is -2.13. The van der Waals surface area contributed by atoms with Gasteiger partial charge >= 0.3 is 5.97 Å². The van der Waals surface area contributed by atoms with E-state index in [4.69, 9.17) is 5.11 Å². The van der Waals surface area contributed by atoms with Crippen LogP contribution >= 0.6 is 0 Å². The van der Waals surface area contributed by atoms with Crippen LogP contribution < -0.4 is 5.32 Å². The molecular formula is C14H12FN3O3. The van der Waals surface area contributed by atoms with Gasteiger partial charge < -0.3 is 10.4 Å². The Balaban J connectivity index is 2.08. The molecule has 108 valence electrons. The zero-order valence-corrected chi connectivity index (χ0v) is 11.1. The predicted molar refractivity (Wildman–Crippen MR) is 74.2 cm³/mol. The van der Waals surface area contributed by atoms with E-state index in [9.17, 15) is 14.0 Å². The zero-order valence-electron chi connectivity index (χ0n) is 11.1. The van der Waals surface area contributed by atoms with Crippen molar-refractivity contribution in [1.82, 2.24) is 9.78 Å². The molecule has 0 saturated carbocycles. The maximum absolute atomic E-state index is 12.7. The summed E-state index contributed by atoms with van der Waals surface area (Å²) in [5.74, 6) is -2.05. The van der Waals surface area contributed by atoms with E-state index < -0.39 is 11.9 Å². The molecule has 21 heavy (non-hydrogen) atoms. The lowest BCUT2D eigenvalue weighted by molar-refractivity contribution is -0.111. The summed E-state index contributed by atoms with van der Waals surface area (Å²) < 4.78 is 13.9. The summed E-state index contributed by atoms with van der Waals surface area (Å²) in [6.45, 7) is 0. The van der Waals surface area contributed by atoms with Crippen LogP contribution in [0.4, 0.5) is 10.1 Å². The fourth-order valence-corrected chi connectivity index (χ4v) is 1.70. The maximum atomic E-state index is 12.7. The van der Waals surface area contributed by atoms with E-state index in [0.717, 1.165) is 4.68 Å². The molecule has 2 N–H and O–H groups in total. The van der Waals surface area contributed by atoms with Crippen molar-refractivity contribution >= 4 is 23.6 Å². The Labute approximate surface area is 119 Å². The van der Waals surface area contributed by atoms with E-state index >= 15 is 0 Å². The normalized spacial score (nSPS) is 10.8. The molecule has 0 radical (unpaired) electrons. The number of hydrogen-bond donors (Lipinski definition) is 2. The summed E-state index contributed by atoms with van der Waals surface area (Å²) in [6.07, 6.45) is 3.98. The third-order valence-corrected chi connectivity index (χ3v) is 2.70. The Morgan fingerprint density at radius 3 is 2.62 bits per heavy atom. The predicted octanol–water partition coefficient (Wildman–Crippen LogP) is 1.91. The summed E-state index contributed by atoms with van der Waals surface area (Å²) in [7, 11) is 1.47. The first-order valence-corrected chi connectivity index (χ1v) is 5.97. The van der Waals surface area contributed by atoms with E-state index in [1.54, 1.807) is 0 Å². The number of benzene rings is 1. The van der Waals surface area contributed by atoms with Crippen molar-refractivity contribution in [3.8, 4) is 0 Å². The van der Waals surface area contributed by atoms with Gasteiger partial charge in [0.05, 0.1) is 11.9 Å². The number of nitrogens with zero attached hydrogens (tertiary/aromatic N) is 2. The highest BCUT2D eigenvalue weighted by molar-refractivity contribution is 6.05. The molecule has 6 nitrogen and oxygen atoms in total. The number of anilines is 1. The van der Waals surface area contributed by atoms with Gasteiger partial charge in [-0.2, -0.15) is 5.10 Å². The van der Waals surface area contributed by atoms with Crippen LogP contribution in [0, 0.1) is 5.82 Å². The first-order chi connectivity index (χ1) is 9.97. The smallest absolute Gasteiger partial charge is 0.356 e. The van der Waals surface area contributed by atoms with Gasteiger partial charge in [0.15, 0.2) is 5.69 Å². The Kier molecular flexibility index (Phi) is 4.13. The van der Waals surface area contributed by atoms with Gasteiger partial charge in [0.1, 0.15) is 5.82 Å². The van der Waals surface area contributed by atoms with Crippen LogP contribution in [0.2, 0.25) is 0 Å². The van der Waals surface area contributed by atoms with Gasteiger partial charge in [0.25, 0.3) is 0 Å². The van der Waals surface area contributed by atoms with E-state index in [2.05, 4.69) is 10.4 Å². The SMILES string of the molecule is Cn1ncc(NC(=O)/C=C/c2ccc(F)cc2)c1C(=O)O. The molecule has 0 atom stereocenters. The first kappa shape index (κ1) is 14.4. The van der Waals surface area contributed by atoms with Gasteiger partial charge in [0.2, 0.25) is 5.91 Å². The summed E-state index contributed by atoms with van der Waals surface area (Å²) >= 11 is 0. The van der Waals surface area contributed by atoms with E-state index in [-0.39, 0.29) is 17.2 Å². The molecule has 0 unspecified atom stereocenters. The van der Waals surface area contributed by atoms with Gasteiger partial charge in [-0.3, -0.25) is 9.48 Å². The van der Waals surface area contributed by atoms with E-state index in [1.165, 1.54) is 49.7 Å². The summed E-state index contributed by atoms with van der Waals surface area (Å²) in [5, 5.41) is 15.2. The van der Waals surface area contributed by atoms with Crippen molar-refractivity contribution < 1.29 is 19.1 Å². The summed E-state index contributed by atoms with van der Waals surface area (Å²) in [6, 6.07) is 5.60.